The standard InChI is InChI=1S/C16H22N4O2/c1-20-12-13(10-19-20)9-17-16(22)18-11-15(7-8-21)14-5-3-2-4-6-14/h2-6,10,12,15,21H,7-9,11H2,1H3,(H2,17,18,22). The Hall–Kier alpha value is -2.34. The second-order valence-electron chi connectivity index (χ2n) is 5.21. The van der Waals surface area contributed by atoms with Gasteiger partial charge in [0.25, 0.3) is 0 Å². The maximum absolute atomic E-state index is 11.9. The monoisotopic (exact) mass is 302 g/mol. The summed E-state index contributed by atoms with van der Waals surface area (Å²) < 4.78 is 1.70. The zero-order chi connectivity index (χ0) is 15.8. The lowest BCUT2D eigenvalue weighted by Crippen LogP contribution is -2.37. The summed E-state index contributed by atoms with van der Waals surface area (Å²) in [5.74, 6) is 0.107. The summed E-state index contributed by atoms with van der Waals surface area (Å²) in [6.07, 6.45) is 4.20. The predicted octanol–water partition coefficient (Wildman–Crippen LogP) is 1.39. The maximum Gasteiger partial charge on any atom is 0.315 e. The van der Waals surface area contributed by atoms with Crippen molar-refractivity contribution in [2.45, 2.75) is 18.9 Å². The molecule has 2 aromatic rings. The van der Waals surface area contributed by atoms with Crippen molar-refractivity contribution in [3.05, 3.63) is 53.9 Å². The van der Waals surface area contributed by atoms with E-state index in [1.807, 2.05) is 43.6 Å². The Kier molecular flexibility index (Phi) is 5.97. The molecule has 1 atom stereocenters. The quantitative estimate of drug-likeness (QED) is 0.723. The van der Waals surface area contributed by atoms with E-state index in [1.54, 1.807) is 10.9 Å². The number of hydrogen-bond donors (Lipinski definition) is 3. The molecule has 6 nitrogen and oxygen atoms in total. The van der Waals surface area contributed by atoms with E-state index in [0.29, 0.717) is 19.5 Å². The van der Waals surface area contributed by atoms with E-state index in [2.05, 4.69) is 15.7 Å². The van der Waals surface area contributed by atoms with Crippen LogP contribution in [0.4, 0.5) is 4.79 Å². The Morgan fingerprint density at radius 3 is 2.73 bits per heavy atom. The van der Waals surface area contributed by atoms with Crippen molar-refractivity contribution >= 4 is 6.03 Å². The molecule has 0 spiro atoms. The summed E-state index contributed by atoms with van der Waals surface area (Å²) >= 11 is 0. The van der Waals surface area contributed by atoms with Gasteiger partial charge in [-0.05, 0) is 12.0 Å². The molecule has 3 N–H and O–H groups in total. The highest BCUT2D eigenvalue weighted by Gasteiger charge is 2.12. The summed E-state index contributed by atoms with van der Waals surface area (Å²) in [7, 11) is 1.84. The molecule has 0 aliphatic rings. The summed E-state index contributed by atoms with van der Waals surface area (Å²) in [6.45, 7) is 1.03. The van der Waals surface area contributed by atoms with Gasteiger partial charge in [-0.2, -0.15) is 5.10 Å². The Balaban J connectivity index is 1.80. The van der Waals surface area contributed by atoms with E-state index in [1.165, 1.54) is 0 Å². The fourth-order valence-corrected chi connectivity index (χ4v) is 2.29. The van der Waals surface area contributed by atoms with Crippen LogP contribution in [0.1, 0.15) is 23.5 Å². The molecule has 1 aromatic heterocycles. The van der Waals surface area contributed by atoms with Gasteiger partial charge in [-0.3, -0.25) is 4.68 Å². The molecule has 0 bridgehead atoms. The normalized spacial score (nSPS) is 11.9. The van der Waals surface area contributed by atoms with Crippen LogP contribution in [0.5, 0.6) is 0 Å². The fourth-order valence-electron chi connectivity index (χ4n) is 2.29. The van der Waals surface area contributed by atoms with Gasteiger partial charge in [-0.15, -0.1) is 0 Å². The largest absolute Gasteiger partial charge is 0.396 e. The van der Waals surface area contributed by atoms with Crippen molar-refractivity contribution in [2.24, 2.45) is 7.05 Å². The van der Waals surface area contributed by atoms with Gasteiger partial charge in [0.05, 0.1) is 6.20 Å². The second kappa shape index (κ2) is 8.19. The van der Waals surface area contributed by atoms with Crippen LogP contribution in [0, 0.1) is 0 Å². The van der Waals surface area contributed by atoms with E-state index >= 15 is 0 Å². The van der Waals surface area contributed by atoms with Crippen molar-refractivity contribution in [1.82, 2.24) is 20.4 Å². The number of aliphatic hydroxyl groups is 1. The maximum atomic E-state index is 11.9. The second-order valence-corrected chi connectivity index (χ2v) is 5.21. The molecule has 1 unspecified atom stereocenters. The number of rotatable bonds is 7. The van der Waals surface area contributed by atoms with Gasteiger partial charge in [0.2, 0.25) is 0 Å². The fraction of sp³-hybridized carbons (Fsp3) is 0.375. The molecule has 1 heterocycles. The van der Waals surface area contributed by atoms with E-state index in [0.717, 1.165) is 11.1 Å². The minimum atomic E-state index is -0.220. The number of carbonyl (C=O) groups excluding carboxylic acids is 1. The first-order valence-corrected chi connectivity index (χ1v) is 7.34. The Morgan fingerprint density at radius 1 is 1.32 bits per heavy atom. The molecule has 2 rings (SSSR count). The smallest absolute Gasteiger partial charge is 0.315 e. The zero-order valence-corrected chi connectivity index (χ0v) is 12.7. The average molecular weight is 302 g/mol. The molecular weight excluding hydrogens is 280 g/mol. The highest BCUT2D eigenvalue weighted by Crippen LogP contribution is 2.17. The third kappa shape index (κ3) is 4.89. The summed E-state index contributed by atoms with van der Waals surface area (Å²) in [5.41, 5.74) is 2.07. The first kappa shape index (κ1) is 16.0. The summed E-state index contributed by atoms with van der Waals surface area (Å²) in [6, 6.07) is 9.67. The molecule has 0 saturated heterocycles. The molecule has 0 aliphatic carbocycles. The molecule has 2 amide bonds. The molecule has 0 fully saturated rings. The zero-order valence-electron chi connectivity index (χ0n) is 12.7. The number of nitrogens with one attached hydrogen (secondary N) is 2. The van der Waals surface area contributed by atoms with Gasteiger partial charge in [-0.1, -0.05) is 30.3 Å². The third-order valence-corrected chi connectivity index (χ3v) is 3.47. The van der Waals surface area contributed by atoms with Crippen LogP contribution in [0.25, 0.3) is 0 Å². The number of carbonyl (C=O) groups is 1. The molecular formula is C16H22N4O2. The van der Waals surface area contributed by atoms with Crippen LogP contribution < -0.4 is 10.6 Å². The Bertz CT molecular complexity index is 583. The van der Waals surface area contributed by atoms with Crippen molar-refractivity contribution < 1.29 is 9.90 Å². The van der Waals surface area contributed by atoms with Crippen LogP contribution >= 0.6 is 0 Å². The number of nitrogens with zero attached hydrogens (tertiary/aromatic N) is 2. The highest BCUT2D eigenvalue weighted by atomic mass is 16.3. The third-order valence-electron chi connectivity index (χ3n) is 3.47. The van der Waals surface area contributed by atoms with E-state index < -0.39 is 0 Å². The lowest BCUT2D eigenvalue weighted by molar-refractivity contribution is 0.237. The van der Waals surface area contributed by atoms with Gasteiger partial charge < -0.3 is 15.7 Å². The Morgan fingerprint density at radius 2 is 2.09 bits per heavy atom. The number of urea groups is 1. The predicted molar refractivity (Wildman–Crippen MR) is 84.3 cm³/mol. The van der Waals surface area contributed by atoms with Crippen LogP contribution in [0.3, 0.4) is 0 Å². The molecule has 118 valence electrons. The van der Waals surface area contributed by atoms with Gasteiger partial charge in [0, 0.05) is 44.4 Å². The van der Waals surface area contributed by atoms with Gasteiger partial charge in [0.15, 0.2) is 0 Å². The molecule has 0 aliphatic heterocycles. The number of aliphatic hydroxyl groups excluding tert-OH is 1. The van der Waals surface area contributed by atoms with Crippen molar-refractivity contribution in [3.8, 4) is 0 Å². The van der Waals surface area contributed by atoms with E-state index in [-0.39, 0.29) is 18.6 Å². The topological polar surface area (TPSA) is 79.2 Å². The minimum absolute atomic E-state index is 0.0958. The number of hydrogen-bond acceptors (Lipinski definition) is 3. The lowest BCUT2D eigenvalue weighted by Gasteiger charge is -2.17. The molecule has 22 heavy (non-hydrogen) atoms. The van der Waals surface area contributed by atoms with Crippen LogP contribution in [0.2, 0.25) is 0 Å². The van der Waals surface area contributed by atoms with Crippen LogP contribution in [0.15, 0.2) is 42.7 Å². The number of amides is 2. The number of aryl methyl sites for hydroxylation is 1. The molecule has 1 aromatic carbocycles. The minimum Gasteiger partial charge on any atom is -0.396 e. The SMILES string of the molecule is Cn1cc(CNC(=O)NCC(CCO)c2ccccc2)cn1. The number of benzene rings is 1. The van der Waals surface area contributed by atoms with Crippen molar-refractivity contribution in [3.63, 3.8) is 0 Å². The summed E-state index contributed by atoms with van der Waals surface area (Å²) in [4.78, 5) is 11.9. The Labute approximate surface area is 130 Å². The van der Waals surface area contributed by atoms with Gasteiger partial charge in [-0.25, -0.2) is 4.79 Å². The number of aromatic nitrogens is 2. The van der Waals surface area contributed by atoms with Gasteiger partial charge in [0.1, 0.15) is 0 Å². The van der Waals surface area contributed by atoms with Crippen molar-refractivity contribution in [1.29, 1.82) is 0 Å². The molecule has 0 saturated carbocycles. The lowest BCUT2D eigenvalue weighted by atomic mass is 9.96. The molecule has 0 radical (unpaired) electrons. The highest BCUT2D eigenvalue weighted by molar-refractivity contribution is 5.73. The average Bonchev–Trinajstić information content (AvgIpc) is 2.96. The first-order chi connectivity index (χ1) is 10.7. The van der Waals surface area contributed by atoms with Crippen LogP contribution in [-0.4, -0.2) is 34.1 Å². The van der Waals surface area contributed by atoms with Crippen molar-refractivity contribution in [2.75, 3.05) is 13.2 Å². The first-order valence-electron chi connectivity index (χ1n) is 7.34. The van der Waals surface area contributed by atoms with Gasteiger partial charge >= 0.3 is 6.03 Å². The van der Waals surface area contributed by atoms with E-state index in [9.17, 15) is 9.90 Å². The van der Waals surface area contributed by atoms with E-state index in [4.69, 9.17) is 0 Å². The molecule has 6 heteroatoms. The van der Waals surface area contributed by atoms with Crippen LogP contribution in [-0.2, 0) is 13.6 Å². The summed E-state index contributed by atoms with van der Waals surface area (Å²) in [5, 5.41) is 18.9.